The van der Waals surface area contributed by atoms with Crippen molar-refractivity contribution in [3.05, 3.63) is 53.6 Å². The summed E-state index contributed by atoms with van der Waals surface area (Å²) in [7, 11) is 0. The lowest BCUT2D eigenvalue weighted by molar-refractivity contribution is 0.0938. The van der Waals surface area contributed by atoms with E-state index in [2.05, 4.69) is 15.3 Å². The summed E-state index contributed by atoms with van der Waals surface area (Å²) in [6, 6.07) is 6.67. The van der Waals surface area contributed by atoms with Crippen LogP contribution in [0.1, 0.15) is 34.7 Å². The lowest BCUT2D eigenvalue weighted by Gasteiger charge is -2.11. The van der Waals surface area contributed by atoms with E-state index in [4.69, 9.17) is 18.0 Å². The maximum Gasteiger partial charge on any atom is 0.251 e. The molecule has 0 fully saturated rings. The molecule has 0 aliphatic carbocycles. The number of carbonyl (C=O) groups excluding carboxylic acids is 1. The first kappa shape index (κ1) is 13.2. The third-order valence-electron chi connectivity index (χ3n) is 2.71. The zero-order chi connectivity index (χ0) is 13.8. The van der Waals surface area contributed by atoms with Gasteiger partial charge < -0.3 is 16.0 Å². The number of hydrogen-bond acceptors (Lipinski definition) is 3. The van der Waals surface area contributed by atoms with E-state index in [0.717, 1.165) is 5.56 Å². The van der Waals surface area contributed by atoms with Crippen LogP contribution in [0.4, 0.5) is 0 Å². The van der Waals surface area contributed by atoms with Crippen LogP contribution in [0.15, 0.2) is 36.7 Å². The molecule has 0 saturated carbocycles. The van der Waals surface area contributed by atoms with Gasteiger partial charge in [-0.2, -0.15) is 0 Å². The van der Waals surface area contributed by atoms with E-state index in [1.807, 2.05) is 6.92 Å². The van der Waals surface area contributed by atoms with Crippen molar-refractivity contribution in [1.82, 2.24) is 15.3 Å². The monoisotopic (exact) mass is 274 g/mol. The van der Waals surface area contributed by atoms with Gasteiger partial charge in [-0.3, -0.25) is 4.79 Å². The van der Waals surface area contributed by atoms with Crippen molar-refractivity contribution in [2.75, 3.05) is 0 Å². The molecule has 0 saturated heterocycles. The maximum atomic E-state index is 12.0. The van der Waals surface area contributed by atoms with Crippen LogP contribution in [0, 0.1) is 0 Å². The third-order valence-corrected chi connectivity index (χ3v) is 2.94. The van der Waals surface area contributed by atoms with Gasteiger partial charge in [-0.05, 0) is 19.1 Å². The minimum atomic E-state index is -0.183. The summed E-state index contributed by atoms with van der Waals surface area (Å²) in [5.41, 5.74) is 6.80. The van der Waals surface area contributed by atoms with Crippen molar-refractivity contribution in [3.63, 3.8) is 0 Å². The number of H-pyrrole nitrogens is 1. The molecule has 2 aromatic rings. The fourth-order valence-electron chi connectivity index (χ4n) is 1.65. The van der Waals surface area contributed by atoms with Gasteiger partial charge in [0, 0.05) is 23.5 Å². The van der Waals surface area contributed by atoms with Crippen molar-refractivity contribution in [3.8, 4) is 0 Å². The van der Waals surface area contributed by atoms with Crippen LogP contribution in [0.2, 0.25) is 0 Å². The number of thiocarbonyl (C=S) groups is 1. The molecule has 1 amide bonds. The predicted molar refractivity (Wildman–Crippen MR) is 76.8 cm³/mol. The fourth-order valence-corrected chi connectivity index (χ4v) is 1.78. The Morgan fingerprint density at radius 2 is 2.00 bits per heavy atom. The molecule has 0 radical (unpaired) electrons. The summed E-state index contributed by atoms with van der Waals surface area (Å²) in [6.45, 7) is 1.86. The van der Waals surface area contributed by atoms with Crippen LogP contribution in [0.5, 0.6) is 0 Å². The number of imidazole rings is 1. The van der Waals surface area contributed by atoms with Crippen LogP contribution < -0.4 is 11.1 Å². The van der Waals surface area contributed by atoms with Crippen LogP contribution in [0.25, 0.3) is 0 Å². The molecule has 0 spiro atoms. The van der Waals surface area contributed by atoms with Crippen molar-refractivity contribution < 1.29 is 4.79 Å². The molecule has 0 bridgehead atoms. The first-order valence-electron chi connectivity index (χ1n) is 5.78. The number of aromatic nitrogens is 2. The van der Waals surface area contributed by atoms with Crippen LogP contribution in [-0.4, -0.2) is 20.9 Å². The molecule has 1 unspecified atom stereocenters. The second-order valence-electron chi connectivity index (χ2n) is 4.11. The molecular formula is C13H14N4OS. The van der Waals surface area contributed by atoms with E-state index in [1.165, 1.54) is 0 Å². The zero-order valence-electron chi connectivity index (χ0n) is 10.4. The average molecular weight is 274 g/mol. The number of amides is 1. The third kappa shape index (κ3) is 3.17. The van der Waals surface area contributed by atoms with E-state index >= 15 is 0 Å². The van der Waals surface area contributed by atoms with Crippen molar-refractivity contribution in [2.24, 2.45) is 5.73 Å². The quantitative estimate of drug-likeness (QED) is 0.738. The summed E-state index contributed by atoms with van der Waals surface area (Å²) < 4.78 is 0. The first-order chi connectivity index (χ1) is 9.08. The SMILES string of the molecule is CC(NC(=O)c1ccc(C(N)=S)cc1)c1ncc[nH]1. The smallest absolute Gasteiger partial charge is 0.251 e. The lowest BCUT2D eigenvalue weighted by atomic mass is 10.1. The molecule has 4 N–H and O–H groups in total. The van der Waals surface area contributed by atoms with Crippen molar-refractivity contribution >= 4 is 23.1 Å². The van der Waals surface area contributed by atoms with E-state index in [1.54, 1.807) is 36.7 Å². The molecule has 2 rings (SSSR count). The Labute approximate surface area is 116 Å². The number of nitrogens with two attached hydrogens (primary N) is 1. The number of rotatable bonds is 4. The number of aromatic amines is 1. The highest BCUT2D eigenvalue weighted by Crippen LogP contribution is 2.09. The normalized spacial score (nSPS) is 11.8. The maximum absolute atomic E-state index is 12.0. The van der Waals surface area contributed by atoms with Gasteiger partial charge in [-0.1, -0.05) is 24.4 Å². The molecule has 98 valence electrons. The molecule has 0 aliphatic rings. The lowest BCUT2D eigenvalue weighted by Crippen LogP contribution is -2.27. The van der Waals surface area contributed by atoms with Gasteiger partial charge in [0.15, 0.2) is 0 Å². The van der Waals surface area contributed by atoms with E-state index in [9.17, 15) is 4.79 Å². The minimum Gasteiger partial charge on any atom is -0.389 e. The minimum absolute atomic E-state index is 0.168. The number of hydrogen-bond donors (Lipinski definition) is 3. The molecule has 1 aromatic carbocycles. The molecule has 1 atom stereocenters. The predicted octanol–water partition coefficient (Wildman–Crippen LogP) is 1.53. The van der Waals surface area contributed by atoms with Crippen LogP contribution in [0.3, 0.4) is 0 Å². The van der Waals surface area contributed by atoms with Crippen LogP contribution in [-0.2, 0) is 0 Å². The number of carbonyl (C=O) groups is 1. The highest BCUT2D eigenvalue weighted by molar-refractivity contribution is 7.80. The summed E-state index contributed by atoms with van der Waals surface area (Å²) in [4.78, 5) is 19.4. The Bertz CT molecular complexity index is 577. The Morgan fingerprint density at radius 3 is 2.53 bits per heavy atom. The molecule has 0 aliphatic heterocycles. The molecular weight excluding hydrogens is 260 g/mol. The second kappa shape index (κ2) is 5.62. The standard InChI is InChI=1S/C13H14N4OS/c1-8(12-15-6-7-16-12)17-13(18)10-4-2-9(3-5-10)11(14)19/h2-8H,1H3,(H2,14,19)(H,15,16)(H,17,18). The average Bonchev–Trinajstić information content (AvgIpc) is 2.92. The van der Waals surface area contributed by atoms with E-state index in [0.29, 0.717) is 16.4 Å². The molecule has 6 heteroatoms. The number of nitrogens with zero attached hydrogens (tertiary/aromatic N) is 1. The second-order valence-corrected chi connectivity index (χ2v) is 4.55. The fraction of sp³-hybridized carbons (Fsp3) is 0.154. The highest BCUT2D eigenvalue weighted by atomic mass is 32.1. The largest absolute Gasteiger partial charge is 0.389 e. The molecule has 1 aromatic heterocycles. The van der Waals surface area contributed by atoms with E-state index < -0.39 is 0 Å². The summed E-state index contributed by atoms with van der Waals surface area (Å²) in [5, 5.41) is 2.85. The molecule has 1 heterocycles. The Morgan fingerprint density at radius 1 is 1.37 bits per heavy atom. The number of nitrogens with one attached hydrogen (secondary N) is 2. The molecule has 19 heavy (non-hydrogen) atoms. The van der Waals surface area contributed by atoms with Crippen LogP contribution >= 0.6 is 12.2 Å². The van der Waals surface area contributed by atoms with Gasteiger partial charge in [-0.25, -0.2) is 4.98 Å². The highest BCUT2D eigenvalue weighted by Gasteiger charge is 2.12. The summed E-state index contributed by atoms with van der Waals surface area (Å²) in [5.74, 6) is 0.548. The Balaban J connectivity index is 2.05. The Hall–Kier alpha value is -2.21. The van der Waals surface area contributed by atoms with Crippen molar-refractivity contribution in [1.29, 1.82) is 0 Å². The summed E-state index contributed by atoms with van der Waals surface area (Å²) >= 11 is 4.86. The first-order valence-corrected chi connectivity index (χ1v) is 6.19. The van der Waals surface area contributed by atoms with Gasteiger partial charge in [0.2, 0.25) is 0 Å². The van der Waals surface area contributed by atoms with Crippen molar-refractivity contribution in [2.45, 2.75) is 13.0 Å². The Kier molecular flexibility index (Phi) is 3.91. The van der Waals surface area contributed by atoms with Gasteiger partial charge in [0.1, 0.15) is 10.8 Å². The number of benzene rings is 1. The topological polar surface area (TPSA) is 83.8 Å². The summed E-state index contributed by atoms with van der Waals surface area (Å²) in [6.07, 6.45) is 3.37. The van der Waals surface area contributed by atoms with Gasteiger partial charge in [0.25, 0.3) is 5.91 Å². The van der Waals surface area contributed by atoms with Gasteiger partial charge in [-0.15, -0.1) is 0 Å². The van der Waals surface area contributed by atoms with Gasteiger partial charge >= 0.3 is 0 Å². The van der Waals surface area contributed by atoms with E-state index in [-0.39, 0.29) is 11.9 Å². The molecule has 5 nitrogen and oxygen atoms in total. The zero-order valence-corrected chi connectivity index (χ0v) is 11.2. The van der Waals surface area contributed by atoms with Gasteiger partial charge in [0.05, 0.1) is 6.04 Å².